The molecule has 1 aromatic carbocycles. The number of benzene rings is 1. The van der Waals surface area contributed by atoms with E-state index in [-0.39, 0.29) is 6.04 Å². The number of hydrogen-bond donors (Lipinski definition) is 2. The fraction of sp³-hybridized carbons (Fsp3) is 0.267. The summed E-state index contributed by atoms with van der Waals surface area (Å²) in [6.45, 7) is 2.52. The van der Waals surface area contributed by atoms with Crippen molar-refractivity contribution in [1.29, 1.82) is 0 Å². The van der Waals surface area contributed by atoms with Crippen molar-refractivity contribution in [3.05, 3.63) is 57.8 Å². The van der Waals surface area contributed by atoms with Crippen molar-refractivity contribution < 1.29 is 4.74 Å². The summed E-state index contributed by atoms with van der Waals surface area (Å²) >= 11 is 12.1. The Bertz CT molecular complexity index is 607. The van der Waals surface area contributed by atoms with Crippen molar-refractivity contribution in [1.82, 2.24) is 10.4 Å². The van der Waals surface area contributed by atoms with Crippen molar-refractivity contribution in [2.45, 2.75) is 19.4 Å². The number of pyridine rings is 1. The van der Waals surface area contributed by atoms with Crippen LogP contribution in [0.5, 0.6) is 5.75 Å². The van der Waals surface area contributed by atoms with Gasteiger partial charge in [-0.2, -0.15) is 0 Å². The zero-order valence-corrected chi connectivity index (χ0v) is 13.2. The van der Waals surface area contributed by atoms with Gasteiger partial charge in [0.15, 0.2) is 0 Å². The molecule has 0 saturated carbocycles. The van der Waals surface area contributed by atoms with Crippen LogP contribution >= 0.6 is 23.2 Å². The summed E-state index contributed by atoms with van der Waals surface area (Å²) in [5.74, 6) is 6.39. The fourth-order valence-electron chi connectivity index (χ4n) is 2.05. The van der Waals surface area contributed by atoms with E-state index in [9.17, 15) is 0 Å². The van der Waals surface area contributed by atoms with Crippen LogP contribution in [0.3, 0.4) is 0 Å². The molecule has 1 heterocycles. The van der Waals surface area contributed by atoms with Crippen molar-refractivity contribution in [2.75, 3.05) is 6.61 Å². The monoisotopic (exact) mass is 325 g/mol. The quantitative estimate of drug-likeness (QED) is 0.630. The normalized spacial score (nSPS) is 12.2. The second kappa shape index (κ2) is 7.61. The third-order valence-corrected chi connectivity index (χ3v) is 3.67. The number of hydrogen-bond acceptors (Lipinski definition) is 4. The summed E-state index contributed by atoms with van der Waals surface area (Å²) in [4.78, 5) is 4.18. The predicted molar refractivity (Wildman–Crippen MR) is 85.6 cm³/mol. The highest BCUT2D eigenvalue weighted by atomic mass is 35.5. The van der Waals surface area contributed by atoms with Gasteiger partial charge in [0.25, 0.3) is 0 Å². The number of ether oxygens (including phenoxy) is 1. The standard InChI is InChI=1S/C15H17Cl2N3O/c1-2-21-13-5-11(8-19-9-13)15(20-18)6-10-3-4-12(16)7-14(10)17/h3-5,7-9,15,20H,2,6,18H2,1H3. The minimum Gasteiger partial charge on any atom is -0.492 e. The molecule has 0 saturated heterocycles. The lowest BCUT2D eigenvalue weighted by atomic mass is 10.0. The van der Waals surface area contributed by atoms with Crippen LogP contribution in [-0.4, -0.2) is 11.6 Å². The van der Waals surface area contributed by atoms with Crippen molar-refractivity contribution in [3.8, 4) is 5.75 Å². The first-order valence-electron chi connectivity index (χ1n) is 6.61. The zero-order chi connectivity index (χ0) is 15.2. The number of hydrazine groups is 1. The third kappa shape index (κ3) is 4.32. The highest BCUT2D eigenvalue weighted by Gasteiger charge is 2.14. The van der Waals surface area contributed by atoms with E-state index >= 15 is 0 Å². The highest BCUT2D eigenvalue weighted by molar-refractivity contribution is 6.35. The first-order chi connectivity index (χ1) is 10.1. The molecule has 0 aliphatic rings. The molecule has 112 valence electrons. The lowest BCUT2D eigenvalue weighted by Gasteiger charge is -2.17. The van der Waals surface area contributed by atoms with E-state index in [4.69, 9.17) is 33.8 Å². The molecule has 0 amide bonds. The summed E-state index contributed by atoms with van der Waals surface area (Å²) < 4.78 is 5.46. The number of nitrogens with zero attached hydrogens (tertiary/aromatic N) is 1. The number of aromatic nitrogens is 1. The molecule has 0 aliphatic heterocycles. The summed E-state index contributed by atoms with van der Waals surface area (Å²) in [6.07, 6.45) is 4.07. The van der Waals surface area contributed by atoms with Gasteiger partial charge in [-0.3, -0.25) is 16.3 Å². The lowest BCUT2D eigenvalue weighted by Crippen LogP contribution is -2.29. The van der Waals surface area contributed by atoms with Crippen LogP contribution in [0.15, 0.2) is 36.7 Å². The van der Waals surface area contributed by atoms with E-state index in [0.29, 0.717) is 23.1 Å². The Kier molecular flexibility index (Phi) is 5.82. The molecule has 1 aromatic heterocycles. The Morgan fingerprint density at radius 1 is 1.29 bits per heavy atom. The van der Waals surface area contributed by atoms with Crippen LogP contribution in [0.4, 0.5) is 0 Å². The maximum absolute atomic E-state index is 6.21. The first-order valence-corrected chi connectivity index (χ1v) is 7.37. The SMILES string of the molecule is CCOc1cncc(C(Cc2ccc(Cl)cc2Cl)NN)c1. The van der Waals surface area contributed by atoms with Crippen LogP contribution in [-0.2, 0) is 6.42 Å². The van der Waals surface area contributed by atoms with E-state index in [0.717, 1.165) is 16.9 Å². The zero-order valence-electron chi connectivity index (χ0n) is 11.6. The van der Waals surface area contributed by atoms with Gasteiger partial charge in [0.05, 0.1) is 18.8 Å². The number of halogens is 2. The average molecular weight is 326 g/mol. The molecule has 21 heavy (non-hydrogen) atoms. The van der Waals surface area contributed by atoms with E-state index in [1.807, 2.05) is 25.1 Å². The second-order valence-corrected chi connectivity index (χ2v) is 5.39. The maximum Gasteiger partial charge on any atom is 0.137 e. The number of nitrogens with one attached hydrogen (secondary N) is 1. The van der Waals surface area contributed by atoms with Gasteiger partial charge in [-0.05, 0) is 42.7 Å². The number of rotatable bonds is 6. The molecular formula is C15H17Cl2N3O. The molecule has 0 spiro atoms. The van der Waals surface area contributed by atoms with Crippen molar-refractivity contribution in [2.24, 2.45) is 5.84 Å². The Labute approximate surface area is 134 Å². The van der Waals surface area contributed by atoms with Crippen molar-refractivity contribution in [3.63, 3.8) is 0 Å². The highest BCUT2D eigenvalue weighted by Crippen LogP contribution is 2.26. The molecule has 3 N–H and O–H groups in total. The molecule has 6 heteroatoms. The van der Waals surface area contributed by atoms with Crippen LogP contribution in [0, 0.1) is 0 Å². The van der Waals surface area contributed by atoms with Gasteiger partial charge in [0, 0.05) is 16.2 Å². The largest absolute Gasteiger partial charge is 0.492 e. The van der Waals surface area contributed by atoms with Gasteiger partial charge in [-0.15, -0.1) is 0 Å². The molecule has 1 unspecified atom stereocenters. The van der Waals surface area contributed by atoms with Gasteiger partial charge in [-0.1, -0.05) is 29.3 Å². The molecule has 2 aromatic rings. The molecule has 0 fully saturated rings. The first kappa shape index (κ1) is 16.0. The summed E-state index contributed by atoms with van der Waals surface area (Å²) in [6, 6.07) is 7.24. The number of nitrogens with two attached hydrogens (primary N) is 1. The Morgan fingerprint density at radius 3 is 2.76 bits per heavy atom. The molecule has 2 rings (SSSR count). The summed E-state index contributed by atoms with van der Waals surface area (Å²) in [5, 5.41) is 1.23. The fourth-order valence-corrected chi connectivity index (χ4v) is 2.54. The molecule has 4 nitrogen and oxygen atoms in total. The van der Waals surface area contributed by atoms with Gasteiger partial charge >= 0.3 is 0 Å². The lowest BCUT2D eigenvalue weighted by molar-refractivity contribution is 0.338. The average Bonchev–Trinajstić information content (AvgIpc) is 2.47. The molecule has 0 aliphatic carbocycles. The van der Waals surface area contributed by atoms with Gasteiger partial charge in [-0.25, -0.2) is 0 Å². The van der Waals surface area contributed by atoms with Crippen LogP contribution < -0.4 is 16.0 Å². The Hall–Kier alpha value is -1.33. The minimum absolute atomic E-state index is 0.114. The molecule has 0 radical (unpaired) electrons. The third-order valence-electron chi connectivity index (χ3n) is 3.09. The van der Waals surface area contributed by atoms with Crippen LogP contribution in [0.25, 0.3) is 0 Å². The summed E-state index contributed by atoms with van der Waals surface area (Å²) in [7, 11) is 0. The smallest absolute Gasteiger partial charge is 0.137 e. The second-order valence-electron chi connectivity index (χ2n) is 4.55. The van der Waals surface area contributed by atoms with Crippen LogP contribution in [0.2, 0.25) is 10.0 Å². The Morgan fingerprint density at radius 2 is 2.10 bits per heavy atom. The topological polar surface area (TPSA) is 60.2 Å². The van der Waals surface area contributed by atoms with Gasteiger partial charge in [0.1, 0.15) is 5.75 Å². The van der Waals surface area contributed by atoms with Gasteiger partial charge in [0.2, 0.25) is 0 Å². The predicted octanol–water partition coefficient (Wildman–Crippen LogP) is 3.53. The Balaban J connectivity index is 2.21. The molecule has 0 bridgehead atoms. The van der Waals surface area contributed by atoms with Crippen LogP contribution in [0.1, 0.15) is 24.1 Å². The van der Waals surface area contributed by atoms with Gasteiger partial charge < -0.3 is 4.74 Å². The van der Waals surface area contributed by atoms with Crippen molar-refractivity contribution >= 4 is 23.2 Å². The van der Waals surface area contributed by atoms with E-state index < -0.39 is 0 Å². The van der Waals surface area contributed by atoms with E-state index in [1.54, 1.807) is 18.5 Å². The molecule has 1 atom stereocenters. The van der Waals surface area contributed by atoms with E-state index in [1.165, 1.54) is 0 Å². The molecular weight excluding hydrogens is 309 g/mol. The summed E-state index contributed by atoms with van der Waals surface area (Å²) in [5.41, 5.74) is 4.69. The minimum atomic E-state index is -0.114. The maximum atomic E-state index is 6.21. The van der Waals surface area contributed by atoms with E-state index in [2.05, 4.69) is 10.4 Å².